The Morgan fingerprint density at radius 2 is 2.11 bits per heavy atom. The minimum atomic E-state index is 0.377. The van der Waals surface area contributed by atoms with Crippen LogP contribution in [0.5, 0.6) is 0 Å². The van der Waals surface area contributed by atoms with E-state index in [1.54, 1.807) is 0 Å². The molecule has 56 valence electrons. The van der Waals surface area contributed by atoms with Crippen LogP contribution in [0.4, 0.5) is 0 Å². The van der Waals surface area contributed by atoms with Crippen molar-refractivity contribution < 1.29 is 4.74 Å². The molecule has 0 bridgehead atoms. The van der Waals surface area contributed by atoms with Crippen LogP contribution in [0.15, 0.2) is 0 Å². The summed E-state index contributed by atoms with van der Waals surface area (Å²) in [7, 11) is 1.95. The zero-order chi connectivity index (χ0) is 7.11. The Morgan fingerprint density at radius 3 is 2.56 bits per heavy atom. The van der Waals surface area contributed by atoms with Gasteiger partial charge in [0.1, 0.15) is 0 Å². The predicted molar refractivity (Wildman–Crippen MR) is 39.6 cm³/mol. The summed E-state index contributed by atoms with van der Waals surface area (Å²) in [5.41, 5.74) is 0. The molecule has 0 aromatic carbocycles. The molecule has 0 aliphatic heterocycles. The molecule has 0 spiro atoms. The third kappa shape index (κ3) is 7.92. The zero-order valence-electron chi connectivity index (χ0n) is 6.61. The maximum Gasteiger partial charge on any atom is 0.0518 e. The molecule has 0 aromatic heterocycles. The summed E-state index contributed by atoms with van der Waals surface area (Å²) >= 11 is 0. The highest BCUT2D eigenvalue weighted by Crippen LogP contribution is 1.88. The van der Waals surface area contributed by atoms with Crippen LogP contribution >= 0.6 is 0 Å². The Labute approximate surface area is 57.6 Å². The van der Waals surface area contributed by atoms with Crippen molar-refractivity contribution in [3.05, 3.63) is 0 Å². The first kappa shape index (κ1) is 8.92. The molecule has 1 N–H and O–H groups in total. The van der Waals surface area contributed by atoms with Gasteiger partial charge in [0.15, 0.2) is 0 Å². The van der Waals surface area contributed by atoms with E-state index in [0.29, 0.717) is 6.10 Å². The Kier molecular flexibility index (Phi) is 5.99. The van der Waals surface area contributed by atoms with Crippen LogP contribution in [0, 0.1) is 0 Å². The lowest BCUT2D eigenvalue weighted by Crippen LogP contribution is -2.12. The van der Waals surface area contributed by atoms with Gasteiger partial charge in [-0.3, -0.25) is 0 Å². The molecule has 0 amide bonds. The molecular weight excluding hydrogens is 114 g/mol. The van der Waals surface area contributed by atoms with E-state index in [9.17, 15) is 0 Å². The van der Waals surface area contributed by atoms with Crippen molar-refractivity contribution in [2.75, 3.05) is 20.2 Å². The van der Waals surface area contributed by atoms with Crippen molar-refractivity contribution in [2.45, 2.75) is 26.4 Å². The van der Waals surface area contributed by atoms with Crippen LogP contribution in [0.2, 0.25) is 0 Å². The second-order valence-electron chi connectivity index (χ2n) is 2.38. The fraction of sp³-hybridized carbons (Fsp3) is 1.00. The van der Waals surface area contributed by atoms with Crippen LogP contribution in [0.25, 0.3) is 0 Å². The number of hydrogen-bond donors (Lipinski definition) is 1. The van der Waals surface area contributed by atoms with E-state index >= 15 is 0 Å². The maximum atomic E-state index is 5.30. The largest absolute Gasteiger partial charge is 0.379 e. The molecule has 0 saturated heterocycles. The average molecular weight is 131 g/mol. The molecule has 9 heavy (non-hydrogen) atoms. The molecule has 0 unspecified atom stereocenters. The van der Waals surface area contributed by atoms with Gasteiger partial charge in [0.25, 0.3) is 0 Å². The van der Waals surface area contributed by atoms with Crippen LogP contribution in [0.1, 0.15) is 20.3 Å². The number of nitrogens with one attached hydrogen (secondary N) is 1. The molecule has 0 atom stereocenters. The van der Waals surface area contributed by atoms with E-state index in [1.165, 1.54) is 0 Å². The molecule has 0 aromatic rings. The lowest BCUT2D eigenvalue weighted by Gasteiger charge is -2.05. The topological polar surface area (TPSA) is 21.3 Å². The first-order chi connectivity index (χ1) is 4.27. The molecule has 0 aliphatic carbocycles. The average Bonchev–Trinajstić information content (AvgIpc) is 1.80. The van der Waals surface area contributed by atoms with Crippen molar-refractivity contribution >= 4 is 0 Å². The minimum Gasteiger partial charge on any atom is -0.379 e. The Balaban J connectivity index is 2.75. The Hall–Kier alpha value is -0.0800. The lowest BCUT2D eigenvalue weighted by atomic mass is 10.4. The smallest absolute Gasteiger partial charge is 0.0518 e. The van der Waals surface area contributed by atoms with Gasteiger partial charge in [0.2, 0.25) is 0 Å². The van der Waals surface area contributed by atoms with Gasteiger partial charge in [-0.05, 0) is 33.9 Å². The van der Waals surface area contributed by atoms with Gasteiger partial charge in [-0.2, -0.15) is 0 Å². The fourth-order valence-corrected chi connectivity index (χ4v) is 0.568. The second-order valence-corrected chi connectivity index (χ2v) is 2.38. The van der Waals surface area contributed by atoms with E-state index < -0.39 is 0 Å². The SMILES string of the molecule is CNCCCOC(C)C. The van der Waals surface area contributed by atoms with Gasteiger partial charge >= 0.3 is 0 Å². The van der Waals surface area contributed by atoms with Gasteiger partial charge in [-0.15, -0.1) is 0 Å². The Bertz CT molecular complexity index is 54.9. The quantitative estimate of drug-likeness (QED) is 0.562. The number of hydrogen-bond acceptors (Lipinski definition) is 2. The van der Waals surface area contributed by atoms with Gasteiger partial charge < -0.3 is 10.1 Å². The molecule has 0 heterocycles. The summed E-state index contributed by atoms with van der Waals surface area (Å²) < 4.78 is 5.30. The maximum absolute atomic E-state index is 5.30. The molecule has 0 fully saturated rings. The first-order valence-electron chi connectivity index (χ1n) is 3.53. The predicted octanol–water partition coefficient (Wildman–Crippen LogP) is 1.02. The molecule has 2 nitrogen and oxygen atoms in total. The molecule has 0 aliphatic rings. The highest BCUT2D eigenvalue weighted by Gasteiger charge is 1.90. The monoisotopic (exact) mass is 131 g/mol. The van der Waals surface area contributed by atoms with Gasteiger partial charge in [0.05, 0.1) is 6.10 Å². The number of ether oxygens (including phenoxy) is 1. The molecule has 0 saturated carbocycles. The standard InChI is InChI=1S/C7H17NO/c1-7(2)9-6-4-5-8-3/h7-8H,4-6H2,1-3H3. The normalized spacial score (nSPS) is 10.7. The van der Waals surface area contributed by atoms with Crippen LogP contribution in [-0.2, 0) is 4.74 Å². The highest BCUT2D eigenvalue weighted by atomic mass is 16.5. The summed E-state index contributed by atoms with van der Waals surface area (Å²) in [5.74, 6) is 0. The summed E-state index contributed by atoms with van der Waals surface area (Å²) in [6.07, 6.45) is 1.48. The zero-order valence-corrected chi connectivity index (χ0v) is 6.61. The van der Waals surface area contributed by atoms with Crippen molar-refractivity contribution in [2.24, 2.45) is 0 Å². The van der Waals surface area contributed by atoms with Crippen molar-refractivity contribution in [1.82, 2.24) is 5.32 Å². The summed E-state index contributed by atoms with van der Waals surface area (Å²) in [6.45, 7) is 6.03. The van der Waals surface area contributed by atoms with Crippen LogP contribution in [0.3, 0.4) is 0 Å². The van der Waals surface area contributed by atoms with Gasteiger partial charge in [-0.1, -0.05) is 0 Å². The molecule has 0 rings (SSSR count). The van der Waals surface area contributed by atoms with E-state index in [2.05, 4.69) is 19.2 Å². The summed E-state index contributed by atoms with van der Waals surface area (Å²) in [5, 5.41) is 3.06. The van der Waals surface area contributed by atoms with Gasteiger partial charge in [-0.25, -0.2) is 0 Å². The van der Waals surface area contributed by atoms with E-state index in [4.69, 9.17) is 4.74 Å². The van der Waals surface area contributed by atoms with Gasteiger partial charge in [0, 0.05) is 6.61 Å². The van der Waals surface area contributed by atoms with E-state index in [1.807, 2.05) is 7.05 Å². The van der Waals surface area contributed by atoms with E-state index in [-0.39, 0.29) is 0 Å². The van der Waals surface area contributed by atoms with Crippen molar-refractivity contribution in [3.8, 4) is 0 Å². The van der Waals surface area contributed by atoms with Crippen LogP contribution < -0.4 is 5.32 Å². The first-order valence-corrected chi connectivity index (χ1v) is 3.53. The van der Waals surface area contributed by atoms with Crippen molar-refractivity contribution in [1.29, 1.82) is 0 Å². The molecule has 0 radical (unpaired) electrons. The third-order valence-electron chi connectivity index (χ3n) is 1.02. The fourth-order valence-electron chi connectivity index (χ4n) is 0.568. The molecular formula is C7H17NO. The Morgan fingerprint density at radius 1 is 1.44 bits per heavy atom. The van der Waals surface area contributed by atoms with E-state index in [0.717, 1.165) is 19.6 Å². The highest BCUT2D eigenvalue weighted by molar-refractivity contribution is 4.41. The summed E-state index contributed by atoms with van der Waals surface area (Å²) in [6, 6.07) is 0. The second kappa shape index (κ2) is 6.05. The lowest BCUT2D eigenvalue weighted by molar-refractivity contribution is 0.0773. The summed E-state index contributed by atoms with van der Waals surface area (Å²) in [4.78, 5) is 0. The molecule has 2 heteroatoms. The van der Waals surface area contributed by atoms with Crippen molar-refractivity contribution in [3.63, 3.8) is 0 Å². The number of rotatable bonds is 5. The minimum absolute atomic E-state index is 0.377. The van der Waals surface area contributed by atoms with Crippen LogP contribution in [-0.4, -0.2) is 26.3 Å². The third-order valence-corrected chi connectivity index (χ3v) is 1.02.